The van der Waals surface area contributed by atoms with Crippen molar-refractivity contribution in [3.63, 3.8) is 0 Å². The number of rotatable bonds is 10. The maximum atomic E-state index is 12.4. The maximum absolute atomic E-state index is 12.4. The topological polar surface area (TPSA) is 0 Å². The summed E-state index contributed by atoms with van der Waals surface area (Å²) in [5.74, 6) is -1.89. The van der Waals surface area contributed by atoms with Crippen molar-refractivity contribution < 1.29 is 61.2 Å². The number of hydrogen-bond acceptors (Lipinski definition) is 0. The van der Waals surface area contributed by atoms with Gasteiger partial charge in [-0.3, -0.25) is 0 Å². The molecule has 0 radical (unpaired) electrons. The van der Waals surface area contributed by atoms with Gasteiger partial charge < -0.3 is 0 Å². The standard InChI is InChI=1S/2C8H13F3.C6H11F3.C6H13F.3C6H14.C5H9F3.2C5H12.2C4H10/c1-5-3-6(2)7(4-5)8(9,10)11;1-5-3-4-7(6(5)2)8(9,10)11;1-3-4-5(2)6(7,8)9;1-4-5-6(2,3)7;2*1-5-6(2,3)4;1-4-5-6(2)3;1-3-4(2)5(6,7)8;1-4-5(2)3;1-3-5-4-2;2*1-4(2)3/h2*5-7H,3-4H2,1-2H3;5H,3-4H2,1-2H3;4-5H2,1-3H3;2*5H2,1-4H3;6H,4-5H2,1-3H3;4H,3H2,1-2H3;5H,4H2,1-3H3;3-5H2,1-2H3;2*4H,1-3H3/t5-,6?,7?;5?,6-,7?;;;;;;;;;;/m00........../s1/i;;;;5D2;;;;;;4D;. The van der Waals surface area contributed by atoms with Crippen LogP contribution in [0.5, 0.6) is 0 Å². The quantitative estimate of drug-likeness (QED) is 0.191. The van der Waals surface area contributed by atoms with Crippen LogP contribution in [0.15, 0.2) is 0 Å². The van der Waals surface area contributed by atoms with E-state index in [1.165, 1.54) is 65.7 Å². The van der Waals surface area contributed by atoms with Gasteiger partial charge in [-0.1, -0.05) is 279 Å². The zero-order valence-corrected chi connectivity index (χ0v) is 60.1. The van der Waals surface area contributed by atoms with Crippen LogP contribution < -0.4 is 0 Å². The van der Waals surface area contributed by atoms with Gasteiger partial charge in [0.15, 0.2) is 0 Å². The Balaban J connectivity index is -0.0000000914. The molecule has 8 atom stereocenters. The number of alkyl halides is 13. The molecular weight excluding hydrogens is 1080 g/mol. The molecule has 2 saturated carbocycles. The van der Waals surface area contributed by atoms with Gasteiger partial charge in [-0.05, 0) is 117 Å². The number of hydrogen-bond donors (Lipinski definition) is 0. The summed E-state index contributed by atoms with van der Waals surface area (Å²) < 4.78 is 176. The van der Waals surface area contributed by atoms with Crippen LogP contribution in [0.2, 0.25) is 0 Å². The minimum atomic E-state index is -3.99. The third kappa shape index (κ3) is 98.2. The summed E-state index contributed by atoms with van der Waals surface area (Å²) in [5, 5.41) is 0. The fourth-order valence-corrected chi connectivity index (χ4v) is 6.20. The highest BCUT2D eigenvalue weighted by Crippen LogP contribution is 2.46. The Morgan fingerprint density at radius 1 is 0.439 bits per heavy atom. The molecule has 0 aliphatic heterocycles. The van der Waals surface area contributed by atoms with E-state index in [0.717, 1.165) is 37.0 Å². The molecule has 512 valence electrons. The first-order valence-corrected chi connectivity index (χ1v) is 31.8. The van der Waals surface area contributed by atoms with Crippen LogP contribution in [0, 0.1) is 81.8 Å². The van der Waals surface area contributed by atoms with Crippen LogP contribution in [-0.4, -0.2) is 30.4 Å². The summed E-state index contributed by atoms with van der Waals surface area (Å²) in [4.78, 5) is 0. The molecule has 0 bridgehead atoms. The molecule has 2 aliphatic carbocycles. The third-order valence-corrected chi connectivity index (χ3v) is 12.9. The van der Waals surface area contributed by atoms with E-state index in [9.17, 15) is 57.1 Å². The SMILES string of the molecule is CC(C)C.CC1CCC(C(F)(F)F)[C@H]1C.CC1C[C@H](C)CC1C(F)(F)F.CCC(C)(C)C.CCC(C)C.CCC(C)C(F)(F)F.CCCC(C)(C)F.CCCC(C)C.CCCC(C)C(F)(F)F.CCCCC.[2H]C(C)(C)C.[2H]C([2H])(C)C(C)(C)C. The lowest BCUT2D eigenvalue weighted by molar-refractivity contribution is -0.183. The van der Waals surface area contributed by atoms with Crippen LogP contribution in [0.4, 0.5) is 57.1 Å². The first-order chi connectivity index (χ1) is 37.4. The van der Waals surface area contributed by atoms with Crippen molar-refractivity contribution in [3.8, 4) is 0 Å². The summed E-state index contributed by atoms with van der Waals surface area (Å²) in [6.45, 7) is 64.2. The molecule has 2 fully saturated rings. The Labute approximate surface area is 509 Å². The summed E-state index contributed by atoms with van der Waals surface area (Å²) in [5.41, 5.74) is -0.637. The third-order valence-electron chi connectivity index (χ3n) is 12.9. The minimum Gasteiger partial charge on any atom is -0.245 e. The molecule has 0 aromatic heterocycles. The van der Waals surface area contributed by atoms with E-state index >= 15 is 0 Å². The lowest BCUT2D eigenvalue weighted by atomic mass is 9.92. The zero-order chi connectivity index (χ0) is 71.2. The average molecular weight is 1220 g/mol. The first-order valence-electron chi connectivity index (χ1n) is 33.3. The van der Waals surface area contributed by atoms with Gasteiger partial charge in [-0.15, -0.1) is 0 Å². The molecule has 0 saturated heterocycles. The first kappa shape index (κ1) is 94.8. The van der Waals surface area contributed by atoms with Crippen molar-refractivity contribution in [3.05, 3.63) is 0 Å². The molecule has 0 nitrogen and oxygen atoms in total. The molecule has 0 heterocycles. The molecule has 13 heteroatoms. The van der Waals surface area contributed by atoms with Gasteiger partial charge in [0.05, 0.1) is 23.7 Å². The molecule has 2 rings (SSSR count). The monoisotopic (exact) mass is 1220 g/mol. The van der Waals surface area contributed by atoms with Crippen LogP contribution in [0.1, 0.15) is 342 Å². The summed E-state index contributed by atoms with van der Waals surface area (Å²) >= 11 is 0. The van der Waals surface area contributed by atoms with Crippen molar-refractivity contribution in [2.45, 2.75) is 368 Å². The van der Waals surface area contributed by atoms with Gasteiger partial charge >= 0.3 is 24.7 Å². The van der Waals surface area contributed by atoms with Gasteiger partial charge in [-0.2, -0.15) is 52.7 Å². The summed E-state index contributed by atoms with van der Waals surface area (Å²) in [7, 11) is 0. The van der Waals surface area contributed by atoms with E-state index in [0.29, 0.717) is 31.1 Å². The average Bonchev–Trinajstić information content (AvgIpc) is 3.81. The Kier molecular flexibility index (Phi) is 65.4. The predicted molar refractivity (Wildman–Crippen MR) is 341 cm³/mol. The largest absolute Gasteiger partial charge is 0.392 e. The van der Waals surface area contributed by atoms with Crippen molar-refractivity contribution >= 4 is 0 Å². The van der Waals surface area contributed by atoms with Crippen LogP contribution in [-0.2, 0) is 0 Å². The lowest BCUT2D eigenvalue weighted by Gasteiger charge is -2.20. The van der Waals surface area contributed by atoms with E-state index in [2.05, 4.69) is 104 Å². The van der Waals surface area contributed by atoms with E-state index in [-0.39, 0.29) is 47.8 Å². The zero-order valence-electron chi connectivity index (χ0n) is 63.1. The molecule has 2 aliphatic rings. The second-order valence-electron chi connectivity index (χ2n) is 27.8. The second-order valence-corrected chi connectivity index (χ2v) is 27.8. The predicted octanol–water partition coefficient (Wildman–Crippen LogP) is 29.5. The molecule has 82 heavy (non-hydrogen) atoms. The second kappa shape index (κ2) is 56.6. The highest BCUT2D eigenvalue weighted by molar-refractivity contribution is 4.84. The summed E-state index contributed by atoms with van der Waals surface area (Å²) in [6.07, 6.45) is -2.90. The van der Waals surface area contributed by atoms with Crippen LogP contribution in [0.3, 0.4) is 0 Å². The number of unbranched alkanes of at least 4 members (excludes halogenated alkanes) is 2. The van der Waals surface area contributed by atoms with Crippen LogP contribution in [0.25, 0.3) is 0 Å². The van der Waals surface area contributed by atoms with Crippen molar-refractivity contribution in [1.82, 2.24) is 0 Å². The molecule has 0 amide bonds. The normalized spacial score (nSPS) is 20.2. The summed E-state index contributed by atoms with van der Waals surface area (Å²) in [6, 6.07) is 0. The molecule has 0 spiro atoms. The van der Waals surface area contributed by atoms with Gasteiger partial charge in [0.25, 0.3) is 0 Å². The van der Waals surface area contributed by atoms with E-state index in [1.54, 1.807) is 41.5 Å². The van der Waals surface area contributed by atoms with Crippen molar-refractivity contribution in [2.24, 2.45) is 81.8 Å². The minimum absolute atomic E-state index is 0.170. The fourth-order valence-electron chi connectivity index (χ4n) is 6.20. The molecule has 6 unspecified atom stereocenters. The van der Waals surface area contributed by atoms with E-state index < -0.39 is 60.4 Å². The highest BCUT2D eigenvalue weighted by Gasteiger charge is 2.48. The van der Waals surface area contributed by atoms with E-state index in [4.69, 9.17) is 4.11 Å². The Bertz CT molecular complexity index is 1320. The van der Waals surface area contributed by atoms with E-state index in [1.807, 2.05) is 62.3 Å². The molecule has 0 N–H and O–H groups in total. The molecule has 0 aromatic rings. The van der Waals surface area contributed by atoms with Gasteiger partial charge in [0, 0.05) is 4.11 Å². The fraction of sp³-hybridized carbons (Fsp3) is 1.00. The van der Waals surface area contributed by atoms with Crippen LogP contribution >= 0.6 is 0 Å². The Morgan fingerprint density at radius 2 is 0.768 bits per heavy atom. The Hall–Kier alpha value is -0.910. The highest BCUT2D eigenvalue weighted by atomic mass is 19.4. The van der Waals surface area contributed by atoms with Gasteiger partial charge in [-0.25, -0.2) is 4.39 Å². The smallest absolute Gasteiger partial charge is 0.245 e. The van der Waals surface area contributed by atoms with Gasteiger partial charge in [0.2, 0.25) is 0 Å². The molecular formula is C69H145F13. The lowest BCUT2D eigenvalue weighted by Crippen LogP contribution is -2.26. The van der Waals surface area contributed by atoms with Crippen molar-refractivity contribution in [2.75, 3.05) is 0 Å². The number of halogens is 13. The van der Waals surface area contributed by atoms with Crippen molar-refractivity contribution in [1.29, 1.82) is 0 Å². The maximum Gasteiger partial charge on any atom is 0.392 e. The van der Waals surface area contributed by atoms with Gasteiger partial charge in [0.1, 0.15) is 5.67 Å². The molecule has 0 aromatic carbocycles. The Morgan fingerprint density at radius 3 is 0.829 bits per heavy atom.